The molecule has 30 heavy (non-hydrogen) atoms. The number of thioether (sulfide) groups is 1. The zero-order valence-corrected chi connectivity index (χ0v) is 18.0. The zero-order chi connectivity index (χ0) is 21.0. The molecule has 1 heterocycles. The van der Waals surface area contributed by atoms with Gasteiger partial charge in [0, 0.05) is 47.7 Å². The second-order valence-corrected chi connectivity index (χ2v) is 8.61. The van der Waals surface area contributed by atoms with E-state index in [0.717, 1.165) is 29.2 Å². The Morgan fingerprint density at radius 2 is 1.87 bits per heavy atom. The molecular formula is C23H30N4O2S. The second-order valence-electron chi connectivity index (χ2n) is 7.56. The quantitative estimate of drug-likeness (QED) is 0.400. The Balaban J connectivity index is 1.29. The van der Waals surface area contributed by atoms with Crippen LogP contribution in [0.4, 0.5) is 10.5 Å². The maximum absolute atomic E-state index is 12.1. The van der Waals surface area contributed by atoms with Crippen molar-refractivity contribution < 1.29 is 9.59 Å². The lowest BCUT2D eigenvalue weighted by Crippen LogP contribution is -2.43. The molecule has 0 spiro atoms. The zero-order valence-electron chi connectivity index (χ0n) is 17.2. The van der Waals surface area contributed by atoms with E-state index >= 15 is 0 Å². The van der Waals surface area contributed by atoms with E-state index in [9.17, 15) is 9.59 Å². The molecule has 0 radical (unpaired) electrons. The van der Waals surface area contributed by atoms with Crippen molar-refractivity contribution in [3.05, 3.63) is 54.4 Å². The van der Waals surface area contributed by atoms with Crippen LogP contribution in [0, 0.1) is 0 Å². The first kappa shape index (κ1) is 22.2. The summed E-state index contributed by atoms with van der Waals surface area (Å²) < 4.78 is 0. The number of benzene rings is 1. The van der Waals surface area contributed by atoms with E-state index < -0.39 is 0 Å². The Hall–Kier alpha value is -2.54. The van der Waals surface area contributed by atoms with Crippen molar-refractivity contribution in [2.75, 3.05) is 11.9 Å². The monoisotopic (exact) mass is 426 g/mol. The van der Waals surface area contributed by atoms with Crippen molar-refractivity contribution >= 4 is 29.4 Å². The molecule has 7 heteroatoms. The Labute approximate surface area is 182 Å². The van der Waals surface area contributed by atoms with Gasteiger partial charge in [0.2, 0.25) is 5.91 Å². The number of carbonyl (C=O) groups is 2. The van der Waals surface area contributed by atoms with Crippen LogP contribution in [0.2, 0.25) is 0 Å². The van der Waals surface area contributed by atoms with E-state index in [4.69, 9.17) is 0 Å². The number of nitrogens with zero attached hydrogens (tertiary/aromatic N) is 1. The molecule has 2 aromatic rings. The predicted octanol–water partition coefficient (Wildman–Crippen LogP) is 4.72. The summed E-state index contributed by atoms with van der Waals surface area (Å²) in [5.74, 6) is 0.821. The van der Waals surface area contributed by atoms with Gasteiger partial charge in [0.25, 0.3) is 0 Å². The van der Waals surface area contributed by atoms with Crippen LogP contribution in [0.3, 0.4) is 0 Å². The number of rotatable bonds is 9. The van der Waals surface area contributed by atoms with Gasteiger partial charge in [-0.3, -0.25) is 9.78 Å². The standard InChI is InChI=1S/C23H30N4O2S/c28-22(9-5-15-25-23(29)27-19-7-2-1-3-8-19)26-20-10-12-21(13-11-20)30-17-18-6-4-14-24-16-18/h4,6,10-14,16,19H,1-3,5,7-9,15,17H2,(H,26,28)(H2,25,27,29). The van der Waals surface area contributed by atoms with Crippen LogP contribution in [-0.4, -0.2) is 29.5 Å². The van der Waals surface area contributed by atoms with E-state index in [1.165, 1.54) is 24.8 Å². The number of hydrogen-bond donors (Lipinski definition) is 3. The van der Waals surface area contributed by atoms with Crippen LogP contribution in [0.5, 0.6) is 0 Å². The highest BCUT2D eigenvalue weighted by Crippen LogP contribution is 2.24. The fourth-order valence-corrected chi connectivity index (χ4v) is 4.27. The molecule has 0 unspecified atom stereocenters. The smallest absolute Gasteiger partial charge is 0.315 e. The van der Waals surface area contributed by atoms with E-state index in [1.807, 2.05) is 36.5 Å². The maximum atomic E-state index is 12.1. The summed E-state index contributed by atoms with van der Waals surface area (Å²) in [4.78, 5) is 29.3. The van der Waals surface area contributed by atoms with Gasteiger partial charge in [-0.25, -0.2) is 4.79 Å². The van der Waals surface area contributed by atoms with Crippen molar-refractivity contribution in [1.29, 1.82) is 0 Å². The number of hydrogen-bond acceptors (Lipinski definition) is 4. The van der Waals surface area contributed by atoms with Crippen LogP contribution in [0.15, 0.2) is 53.7 Å². The summed E-state index contributed by atoms with van der Waals surface area (Å²) in [5.41, 5.74) is 1.97. The molecule has 0 aliphatic heterocycles. The van der Waals surface area contributed by atoms with Crippen molar-refractivity contribution in [3.8, 4) is 0 Å². The van der Waals surface area contributed by atoms with Crippen LogP contribution >= 0.6 is 11.8 Å². The molecule has 1 aliphatic carbocycles. The molecule has 3 amide bonds. The fraction of sp³-hybridized carbons (Fsp3) is 0.435. The highest BCUT2D eigenvalue weighted by atomic mass is 32.2. The van der Waals surface area contributed by atoms with Crippen LogP contribution in [-0.2, 0) is 10.5 Å². The summed E-state index contributed by atoms with van der Waals surface area (Å²) in [6.07, 6.45) is 10.4. The van der Waals surface area contributed by atoms with Gasteiger partial charge in [0.1, 0.15) is 0 Å². The molecule has 0 bridgehead atoms. The van der Waals surface area contributed by atoms with Gasteiger partial charge in [-0.05, 0) is 55.2 Å². The normalized spacial score (nSPS) is 14.1. The van der Waals surface area contributed by atoms with Gasteiger partial charge in [-0.2, -0.15) is 0 Å². The lowest BCUT2D eigenvalue weighted by Gasteiger charge is -2.22. The van der Waals surface area contributed by atoms with E-state index in [2.05, 4.69) is 27.0 Å². The van der Waals surface area contributed by atoms with E-state index in [-0.39, 0.29) is 11.9 Å². The van der Waals surface area contributed by atoms with Crippen molar-refractivity contribution in [3.63, 3.8) is 0 Å². The van der Waals surface area contributed by atoms with Gasteiger partial charge in [-0.1, -0.05) is 25.3 Å². The van der Waals surface area contributed by atoms with Gasteiger partial charge >= 0.3 is 6.03 Å². The molecule has 1 aromatic carbocycles. The molecule has 1 aromatic heterocycles. The molecule has 0 saturated heterocycles. The van der Waals surface area contributed by atoms with Gasteiger partial charge in [0.05, 0.1) is 0 Å². The highest BCUT2D eigenvalue weighted by Gasteiger charge is 2.15. The highest BCUT2D eigenvalue weighted by molar-refractivity contribution is 7.98. The first-order valence-corrected chi connectivity index (χ1v) is 11.6. The van der Waals surface area contributed by atoms with Crippen molar-refractivity contribution in [1.82, 2.24) is 15.6 Å². The molecular weight excluding hydrogens is 396 g/mol. The third-order valence-corrected chi connectivity index (χ3v) is 6.16. The molecule has 1 saturated carbocycles. The number of carbonyl (C=O) groups excluding carboxylic acids is 2. The van der Waals surface area contributed by atoms with E-state index in [0.29, 0.717) is 25.4 Å². The number of urea groups is 1. The summed E-state index contributed by atoms with van der Waals surface area (Å²) in [7, 11) is 0. The summed E-state index contributed by atoms with van der Waals surface area (Å²) in [6, 6.07) is 12.0. The lowest BCUT2D eigenvalue weighted by atomic mass is 9.96. The SMILES string of the molecule is O=C(CCCNC(=O)NC1CCCCC1)Nc1ccc(SCc2cccnc2)cc1. The minimum absolute atomic E-state index is 0.0414. The molecule has 3 N–H and O–H groups in total. The topological polar surface area (TPSA) is 83.1 Å². The lowest BCUT2D eigenvalue weighted by molar-refractivity contribution is -0.116. The predicted molar refractivity (Wildman–Crippen MR) is 122 cm³/mol. The van der Waals surface area contributed by atoms with E-state index in [1.54, 1.807) is 18.0 Å². The molecule has 3 rings (SSSR count). The first-order chi connectivity index (χ1) is 14.7. The van der Waals surface area contributed by atoms with Crippen molar-refractivity contribution in [2.24, 2.45) is 0 Å². The summed E-state index contributed by atoms with van der Waals surface area (Å²) >= 11 is 1.73. The summed E-state index contributed by atoms with van der Waals surface area (Å²) in [5, 5.41) is 8.77. The van der Waals surface area contributed by atoms with Gasteiger partial charge < -0.3 is 16.0 Å². The molecule has 1 aliphatic rings. The minimum atomic E-state index is -0.123. The fourth-order valence-electron chi connectivity index (χ4n) is 3.44. The van der Waals surface area contributed by atoms with Crippen LogP contribution < -0.4 is 16.0 Å². The number of anilines is 1. The molecule has 1 fully saturated rings. The molecule has 6 nitrogen and oxygen atoms in total. The first-order valence-electron chi connectivity index (χ1n) is 10.6. The maximum Gasteiger partial charge on any atom is 0.315 e. The Bertz CT molecular complexity index is 793. The Kier molecular flexibility index (Phi) is 9.03. The molecule has 0 atom stereocenters. The number of amides is 3. The van der Waals surface area contributed by atoms with Crippen molar-refractivity contribution in [2.45, 2.75) is 61.6 Å². The average molecular weight is 427 g/mol. The second kappa shape index (κ2) is 12.2. The number of pyridine rings is 1. The van der Waals surface area contributed by atoms with Gasteiger partial charge in [-0.15, -0.1) is 11.8 Å². The average Bonchev–Trinajstić information content (AvgIpc) is 2.78. The largest absolute Gasteiger partial charge is 0.338 e. The minimum Gasteiger partial charge on any atom is -0.338 e. The summed E-state index contributed by atoms with van der Waals surface area (Å²) in [6.45, 7) is 0.496. The Morgan fingerprint density at radius 1 is 1.07 bits per heavy atom. The molecule has 160 valence electrons. The van der Waals surface area contributed by atoms with Crippen LogP contribution in [0.1, 0.15) is 50.5 Å². The van der Waals surface area contributed by atoms with Crippen LogP contribution in [0.25, 0.3) is 0 Å². The number of aromatic nitrogens is 1. The van der Waals surface area contributed by atoms with Gasteiger partial charge in [0.15, 0.2) is 0 Å². The Morgan fingerprint density at radius 3 is 2.60 bits per heavy atom. The third-order valence-electron chi connectivity index (χ3n) is 5.07. The number of nitrogens with one attached hydrogen (secondary N) is 3. The third kappa shape index (κ3) is 8.06.